The minimum atomic E-state index is 0.331. The first-order chi connectivity index (χ1) is 11.7. The first kappa shape index (κ1) is 17.5. The molecule has 3 rings (SSSR count). The van der Waals surface area contributed by atoms with Crippen LogP contribution in [0, 0.1) is 0 Å². The van der Waals surface area contributed by atoms with Crippen LogP contribution in [0.2, 0.25) is 0 Å². The van der Waals surface area contributed by atoms with Gasteiger partial charge in [0.05, 0.1) is 13.2 Å². The van der Waals surface area contributed by atoms with E-state index in [1.807, 2.05) is 6.07 Å². The Labute approximate surface area is 149 Å². The van der Waals surface area contributed by atoms with Crippen LogP contribution >= 0.6 is 12.2 Å². The van der Waals surface area contributed by atoms with Crippen molar-refractivity contribution >= 4 is 17.3 Å². The molecule has 1 aromatic rings. The van der Waals surface area contributed by atoms with Crippen molar-refractivity contribution in [2.24, 2.45) is 0 Å². The van der Waals surface area contributed by atoms with E-state index in [9.17, 15) is 0 Å². The second kappa shape index (κ2) is 8.65. The Morgan fingerprint density at radius 3 is 2.88 bits per heavy atom. The lowest BCUT2D eigenvalue weighted by molar-refractivity contribution is 0.112. The summed E-state index contributed by atoms with van der Waals surface area (Å²) in [6.07, 6.45) is 2.64. The highest BCUT2D eigenvalue weighted by Crippen LogP contribution is 2.15. The molecule has 0 radical (unpaired) electrons. The molecule has 24 heavy (non-hydrogen) atoms. The maximum absolute atomic E-state index is 5.63. The van der Waals surface area contributed by atoms with Crippen LogP contribution in [0.3, 0.4) is 0 Å². The summed E-state index contributed by atoms with van der Waals surface area (Å²) in [6.45, 7) is 6.69. The number of hydrogen-bond donors (Lipinski definition) is 1. The van der Waals surface area contributed by atoms with E-state index in [2.05, 4.69) is 33.3 Å². The first-order valence-electron chi connectivity index (χ1n) is 8.74. The van der Waals surface area contributed by atoms with Crippen LogP contribution < -0.4 is 10.1 Å². The number of hydrogen-bond acceptors (Lipinski definition) is 4. The van der Waals surface area contributed by atoms with Crippen molar-refractivity contribution in [3.05, 3.63) is 29.8 Å². The van der Waals surface area contributed by atoms with Crippen LogP contribution in [0.25, 0.3) is 0 Å². The van der Waals surface area contributed by atoms with Gasteiger partial charge < -0.3 is 19.7 Å². The fourth-order valence-electron chi connectivity index (χ4n) is 3.26. The lowest BCUT2D eigenvalue weighted by atomic mass is 10.2. The van der Waals surface area contributed by atoms with Crippen molar-refractivity contribution in [3.8, 4) is 5.75 Å². The Hall–Kier alpha value is -1.37. The van der Waals surface area contributed by atoms with Crippen molar-refractivity contribution in [1.82, 2.24) is 15.1 Å². The highest BCUT2D eigenvalue weighted by atomic mass is 32.1. The van der Waals surface area contributed by atoms with E-state index in [0.717, 1.165) is 63.2 Å². The second-order valence-corrected chi connectivity index (χ2v) is 6.82. The Balaban J connectivity index is 1.40. The van der Waals surface area contributed by atoms with E-state index in [-0.39, 0.29) is 0 Å². The predicted molar refractivity (Wildman–Crippen MR) is 99.4 cm³/mol. The fourth-order valence-corrected chi connectivity index (χ4v) is 3.52. The number of thiocarbonyl (C=S) groups is 1. The molecule has 0 amide bonds. The number of ether oxygens (including phenoxy) is 2. The first-order valence-corrected chi connectivity index (χ1v) is 9.15. The lowest BCUT2D eigenvalue weighted by Gasteiger charge is -2.36. The van der Waals surface area contributed by atoms with Crippen LogP contribution in [-0.4, -0.2) is 67.5 Å². The van der Waals surface area contributed by atoms with E-state index in [1.165, 1.54) is 12.0 Å². The van der Waals surface area contributed by atoms with E-state index < -0.39 is 0 Å². The average Bonchev–Trinajstić information content (AvgIpc) is 3.14. The summed E-state index contributed by atoms with van der Waals surface area (Å²) < 4.78 is 10.9. The minimum Gasteiger partial charge on any atom is -0.497 e. The van der Waals surface area contributed by atoms with Gasteiger partial charge in [-0.2, -0.15) is 0 Å². The van der Waals surface area contributed by atoms with Crippen LogP contribution in [0.5, 0.6) is 5.75 Å². The lowest BCUT2D eigenvalue weighted by Crippen LogP contribution is -2.52. The van der Waals surface area contributed by atoms with Crippen LogP contribution in [0.1, 0.15) is 18.4 Å². The quantitative estimate of drug-likeness (QED) is 0.818. The van der Waals surface area contributed by atoms with Crippen LogP contribution in [0.15, 0.2) is 24.3 Å². The largest absolute Gasteiger partial charge is 0.497 e. The highest BCUT2D eigenvalue weighted by molar-refractivity contribution is 7.80. The molecule has 1 atom stereocenters. The maximum atomic E-state index is 5.63. The molecular weight excluding hydrogens is 322 g/mol. The molecule has 5 nitrogen and oxygen atoms in total. The average molecular weight is 350 g/mol. The van der Waals surface area contributed by atoms with Gasteiger partial charge in [-0.25, -0.2) is 0 Å². The number of benzene rings is 1. The van der Waals surface area contributed by atoms with Gasteiger partial charge in [0.15, 0.2) is 5.11 Å². The van der Waals surface area contributed by atoms with Crippen molar-refractivity contribution in [1.29, 1.82) is 0 Å². The van der Waals surface area contributed by atoms with Crippen molar-refractivity contribution in [2.75, 3.05) is 46.4 Å². The maximum Gasteiger partial charge on any atom is 0.169 e. The van der Waals surface area contributed by atoms with Gasteiger partial charge in [-0.3, -0.25) is 4.90 Å². The van der Waals surface area contributed by atoms with Gasteiger partial charge in [0.1, 0.15) is 5.75 Å². The summed E-state index contributed by atoms with van der Waals surface area (Å²) in [6, 6.07) is 8.30. The van der Waals surface area contributed by atoms with Gasteiger partial charge in [0.2, 0.25) is 0 Å². The molecule has 1 N–H and O–H groups in total. The summed E-state index contributed by atoms with van der Waals surface area (Å²) in [5.74, 6) is 0.922. The number of piperazine rings is 1. The molecule has 0 aromatic heterocycles. The van der Waals surface area contributed by atoms with Gasteiger partial charge in [0.25, 0.3) is 0 Å². The molecule has 2 aliphatic heterocycles. The Morgan fingerprint density at radius 1 is 1.33 bits per heavy atom. The van der Waals surface area contributed by atoms with Crippen LogP contribution in [-0.2, 0) is 11.3 Å². The van der Waals surface area contributed by atoms with E-state index in [1.54, 1.807) is 7.11 Å². The normalized spacial score (nSPS) is 21.7. The molecule has 0 saturated carbocycles. The predicted octanol–water partition coefficient (Wildman–Crippen LogP) is 1.87. The zero-order valence-corrected chi connectivity index (χ0v) is 15.2. The molecule has 0 unspecified atom stereocenters. The van der Waals surface area contributed by atoms with Gasteiger partial charge in [-0.05, 0) is 42.8 Å². The molecular formula is C18H27N3O2S. The topological polar surface area (TPSA) is 37.0 Å². The third kappa shape index (κ3) is 4.82. The molecule has 2 saturated heterocycles. The molecule has 2 aliphatic rings. The van der Waals surface area contributed by atoms with E-state index >= 15 is 0 Å². The van der Waals surface area contributed by atoms with Crippen molar-refractivity contribution < 1.29 is 9.47 Å². The molecule has 0 aliphatic carbocycles. The van der Waals surface area contributed by atoms with Gasteiger partial charge in [-0.15, -0.1) is 0 Å². The highest BCUT2D eigenvalue weighted by Gasteiger charge is 2.21. The zero-order chi connectivity index (χ0) is 16.8. The third-order valence-corrected chi connectivity index (χ3v) is 5.11. The molecule has 132 valence electrons. The number of nitrogens with zero attached hydrogens (tertiary/aromatic N) is 2. The van der Waals surface area contributed by atoms with Crippen molar-refractivity contribution in [2.45, 2.75) is 25.5 Å². The second-order valence-electron chi connectivity index (χ2n) is 6.44. The van der Waals surface area contributed by atoms with E-state index in [4.69, 9.17) is 21.7 Å². The van der Waals surface area contributed by atoms with Gasteiger partial charge in [-0.1, -0.05) is 12.1 Å². The molecule has 1 aromatic carbocycles. The summed E-state index contributed by atoms with van der Waals surface area (Å²) in [5, 5.41) is 4.24. The minimum absolute atomic E-state index is 0.331. The van der Waals surface area contributed by atoms with E-state index in [0.29, 0.717) is 6.10 Å². The summed E-state index contributed by atoms with van der Waals surface area (Å²) in [5.41, 5.74) is 1.29. The zero-order valence-electron chi connectivity index (χ0n) is 14.4. The smallest absolute Gasteiger partial charge is 0.169 e. The number of rotatable bonds is 5. The van der Waals surface area contributed by atoms with Crippen molar-refractivity contribution in [3.63, 3.8) is 0 Å². The standard InChI is InChI=1S/C18H27N3O2S/c1-22-16-5-2-4-15(12-16)14-20-7-9-21(10-8-20)18(24)19-13-17-6-3-11-23-17/h2,4-5,12,17H,3,6-11,13-14H2,1H3,(H,19,24)/t17-/m0/s1. The Bertz CT molecular complexity index is 541. The summed E-state index contributed by atoms with van der Waals surface area (Å²) in [7, 11) is 1.71. The van der Waals surface area contributed by atoms with Crippen LogP contribution in [0.4, 0.5) is 0 Å². The van der Waals surface area contributed by atoms with Gasteiger partial charge >= 0.3 is 0 Å². The molecule has 2 fully saturated rings. The Kier molecular flexibility index (Phi) is 6.29. The fraction of sp³-hybridized carbons (Fsp3) is 0.611. The monoisotopic (exact) mass is 349 g/mol. The molecule has 6 heteroatoms. The molecule has 2 heterocycles. The Morgan fingerprint density at radius 2 is 2.17 bits per heavy atom. The molecule has 0 spiro atoms. The number of nitrogens with one attached hydrogen (secondary N) is 1. The summed E-state index contributed by atoms with van der Waals surface area (Å²) >= 11 is 5.53. The third-order valence-electron chi connectivity index (χ3n) is 4.70. The molecule has 0 bridgehead atoms. The SMILES string of the molecule is COc1cccc(CN2CCN(C(=S)NC[C@@H]3CCCO3)CC2)c1. The number of methoxy groups -OCH3 is 1. The van der Waals surface area contributed by atoms with Gasteiger partial charge in [0, 0.05) is 45.9 Å². The summed E-state index contributed by atoms with van der Waals surface area (Å²) in [4.78, 5) is 4.74.